The van der Waals surface area contributed by atoms with Crippen LogP contribution in [-0.4, -0.2) is 17.8 Å². The number of urea groups is 1. The first-order chi connectivity index (χ1) is 7.95. The molecular formula is C12H18N2O3. The number of carbonyl (C=O) groups excluding carboxylic acids is 3. The molecule has 0 radical (unpaired) electrons. The molecule has 1 rings (SSSR count). The number of unbranched alkanes of at least 4 members (excludes halogenated alkanes) is 1. The lowest BCUT2D eigenvalue weighted by Gasteiger charge is -2.34. The standard InChI is InChI=1S/C12H18N2O3/c1-4-5-6-7-12(8(2)3)9(15)13-11(17)14-10(12)16/h6-8H,4-5H2,1-3H3,(H2,13,14,15,16,17). The summed E-state index contributed by atoms with van der Waals surface area (Å²) in [5.74, 6) is -1.31. The van der Waals surface area contributed by atoms with Crippen LogP contribution in [0.2, 0.25) is 0 Å². The summed E-state index contributed by atoms with van der Waals surface area (Å²) >= 11 is 0. The summed E-state index contributed by atoms with van der Waals surface area (Å²) in [6.07, 6.45) is 5.16. The number of amides is 4. The summed E-state index contributed by atoms with van der Waals surface area (Å²) in [5, 5.41) is 4.30. The molecule has 1 saturated heterocycles. The Hall–Kier alpha value is -1.65. The largest absolute Gasteiger partial charge is 0.328 e. The van der Waals surface area contributed by atoms with Gasteiger partial charge in [-0.1, -0.05) is 39.3 Å². The van der Waals surface area contributed by atoms with Crippen molar-refractivity contribution in [2.75, 3.05) is 0 Å². The average Bonchev–Trinajstić information content (AvgIpc) is 2.21. The SMILES string of the molecule is CCCC=CC1(C(C)C)C(=O)NC(=O)NC1=O. The lowest BCUT2D eigenvalue weighted by molar-refractivity contribution is -0.143. The lowest BCUT2D eigenvalue weighted by Crippen LogP contribution is -2.63. The van der Waals surface area contributed by atoms with E-state index in [0.717, 1.165) is 12.8 Å². The number of carbonyl (C=O) groups is 3. The molecule has 0 aromatic heterocycles. The second-order valence-electron chi connectivity index (χ2n) is 4.45. The van der Waals surface area contributed by atoms with Crippen LogP contribution in [0, 0.1) is 11.3 Å². The highest BCUT2D eigenvalue weighted by Gasteiger charge is 2.50. The van der Waals surface area contributed by atoms with Crippen molar-refractivity contribution in [2.45, 2.75) is 33.6 Å². The van der Waals surface area contributed by atoms with Crippen LogP contribution >= 0.6 is 0 Å². The minimum atomic E-state index is -1.27. The summed E-state index contributed by atoms with van der Waals surface area (Å²) in [5.41, 5.74) is -1.27. The molecule has 0 aromatic rings. The first-order valence-electron chi connectivity index (χ1n) is 5.79. The zero-order chi connectivity index (χ0) is 13.1. The Balaban J connectivity index is 3.09. The highest BCUT2D eigenvalue weighted by molar-refractivity contribution is 6.20. The third-order valence-corrected chi connectivity index (χ3v) is 2.95. The Morgan fingerprint density at radius 1 is 1.18 bits per heavy atom. The number of imide groups is 2. The molecule has 1 heterocycles. The summed E-state index contributed by atoms with van der Waals surface area (Å²) in [6, 6.07) is -0.750. The van der Waals surface area contributed by atoms with Gasteiger partial charge in [-0.2, -0.15) is 0 Å². The molecule has 5 nitrogen and oxygen atoms in total. The van der Waals surface area contributed by atoms with Crippen LogP contribution in [0.15, 0.2) is 12.2 Å². The number of rotatable bonds is 4. The van der Waals surface area contributed by atoms with Gasteiger partial charge in [-0.15, -0.1) is 0 Å². The van der Waals surface area contributed by atoms with Gasteiger partial charge in [0.05, 0.1) is 0 Å². The van der Waals surface area contributed by atoms with Crippen LogP contribution in [-0.2, 0) is 9.59 Å². The van der Waals surface area contributed by atoms with Crippen LogP contribution in [0.1, 0.15) is 33.6 Å². The van der Waals surface area contributed by atoms with Crippen LogP contribution in [0.5, 0.6) is 0 Å². The molecule has 0 atom stereocenters. The van der Waals surface area contributed by atoms with E-state index in [4.69, 9.17) is 0 Å². The zero-order valence-corrected chi connectivity index (χ0v) is 10.4. The lowest BCUT2D eigenvalue weighted by atomic mass is 9.74. The molecule has 17 heavy (non-hydrogen) atoms. The van der Waals surface area contributed by atoms with Gasteiger partial charge in [0.15, 0.2) is 0 Å². The molecule has 0 aliphatic carbocycles. The van der Waals surface area contributed by atoms with Crippen molar-refractivity contribution < 1.29 is 14.4 Å². The number of hydrogen-bond donors (Lipinski definition) is 2. The molecule has 0 spiro atoms. The average molecular weight is 238 g/mol. The maximum Gasteiger partial charge on any atom is 0.328 e. The van der Waals surface area contributed by atoms with Crippen LogP contribution in [0.3, 0.4) is 0 Å². The molecule has 0 unspecified atom stereocenters. The smallest absolute Gasteiger partial charge is 0.277 e. The van der Waals surface area contributed by atoms with Gasteiger partial charge in [0.25, 0.3) is 0 Å². The Kier molecular flexibility index (Phi) is 4.04. The fourth-order valence-electron chi connectivity index (χ4n) is 1.85. The van der Waals surface area contributed by atoms with Crippen molar-refractivity contribution in [3.05, 3.63) is 12.2 Å². The zero-order valence-electron chi connectivity index (χ0n) is 10.4. The second-order valence-corrected chi connectivity index (χ2v) is 4.45. The summed E-state index contributed by atoms with van der Waals surface area (Å²) < 4.78 is 0. The van der Waals surface area contributed by atoms with Crippen molar-refractivity contribution in [3.8, 4) is 0 Å². The first kappa shape index (κ1) is 13.4. The van der Waals surface area contributed by atoms with E-state index < -0.39 is 23.3 Å². The minimum Gasteiger partial charge on any atom is -0.277 e. The summed E-state index contributed by atoms with van der Waals surface area (Å²) in [4.78, 5) is 34.9. The van der Waals surface area contributed by atoms with Crippen molar-refractivity contribution in [1.82, 2.24) is 10.6 Å². The maximum atomic E-state index is 11.9. The molecule has 1 fully saturated rings. The van der Waals surface area contributed by atoms with Crippen molar-refractivity contribution in [2.24, 2.45) is 11.3 Å². The topological polar surface area (TPSA) is 75.3 Å². The normalized spacial score (nSPS) is 19.6. The van der Waals surface area contributed by atoms with Gasteiger partial charge in [0.1, 0.15) is 5.41 Å². The van der Waals surface area contributed by atoms with Gasteiger partial charge < -0.3 is 0 Å². The van der Waals surface area contributed by atoms with E-state index in [-0.39, 0.29) is 5.92 Å². The second kappa shape index (κ2) is 5.12. The Bertz CT molecular complexity index is 352. The van der Waals surface area contributed by atoms with E-state index in [0.29, 0.717) is 0 Å². The Morgan fingerprint density at radius 2 is 1.71 bits per heavy atom. The fraction of sp³-hybridized carbons (Fsp3) is 0.583. The molecular weight excluding hydrogens is 220 g/mol. The van der Waals surface area contributed by atoms with Gasteiger partial charge in [-0.3, -0.25) is 20.2 Å². The molecule has 0 saturated carbocycles. The fourth-order valence-corrected chi connectivity index (χ4v) is 1.85. The molecule has 5 heteroatoms. The van der Waals surface area contributed by atoms with Gasteiger partial charge >= 0.3 is 6.03 Å². The van der Waals surface area contributed by atoms with Crippen LogP contribution in [0.4, 0.5) is 4.79 Å². The monoisotopic (exact) mass is 238 g/mol. The molecule has 0 aromatic carbocycles. The van der Waals surface area contributed by atoms with Crippen molar-refractivity contribution >= 4 is 17.8 Å². The summed E-state index contributed by atoms with van der Waals surface area (Å²) in [7, 11) is 0. The quantitative estimate of drug-likeness (QED) is 0.573. The highest BCUT2D eigenvalue weighted by Crippen LogP contribution is 2.32. The minimum absolute atomic E-state index is 0.219. The maximum absolute atomic E-state index is 11.9. The molecule has 94 valence electrons. The summed E-state index contributed by atoms with van der Waals surface area (Å²) in [6.45, 7) is 5.58. The van der Waals surface area contributed by atoms with E-state index in [1.807, 2.05) is 13.0 Å². The number of hydrogen-bond acceptors (Lipinski definition) is 3. The van der Waals surface area contributed by atoms with Gasteiger partial charge in [0, 0.05) is 0 Å². The Labute approximate surface area is 101 Å². The van der Waals surface area contributed by atoms with E-state index in [1.165, 1.54) is 0 Å². The van der Waals surface area contributed by atoms with Crippen LogP contribution < -0.4 is 10.6 Å². The predicted molar refractivity (Wildman–Crippen MR) is 63.0 cm³/mol. The number of barbiturate groups is 1. The third kappa shape index (κ3) is 2.38. The molecule has 1 aliphatic heterocycles. The van der Waals surface area contributed by atoms with Gasteiger partial charge in [-0.05, 0) is 12.3 Å². The van der Waals surface area contributed by atoms with E-state index in [1.54, 1.807) is 19.9 Å². The van der Waals surface area contributed by atoms with Crippen LogP contribution in [0.25, 0.3) is 0 Å². The number of nitrogens with one attached hydrogen (secondary N) is 2. The van der Waals surface area contributed by atoms with Gasteiger partial charge in [-0.25, -0.2) is 4.79 Å². The van der Waals surface area contributed by atoms with E-state index in [9.17, 15) is 14.4 Å². The molecule has 2 N–H and O–H groups in total. The van der Waals surface area contributed by atoms with Crippen molar-refractivity contribution in [3.63, 3.8) is 0 Å². The highest BCUT2D eigenvalue weighted by atomic mass is 16.2. The number of allylic oxidation sites excluding steroid dienone is 1. The van der Waals surface area contributed by atoms with E-state index >= 15 is 0 Å². The van der Waals surface area contributed by atoms with E-state index in [2.05, 4.69) is 10.6 Å². The third-order valence-electron chi connectivity index (χ3n) is 2.95. The van der Waals surface area contributed by atoms with Gasteiger partial charge in [0.2, 0.25) is 11.8 Å². The predicted octanol–water partition coefficient (Wildman–Crippen LogP) is 1.35. The molecule has 0 bridgehead atoms. The molecule has 1 aliphatic rings. The van der Waals surface area contributed by atoms with Crippen molar-refractivity contribution in [1.29, 1.82) is 0 Å². The first-order valence-corrected chi connectivity index (χ1v) is 5.79. The Morgan fingerprint density at radius 3 is 2.12 bits per heavy atom. The molecule has 4 amide bonds.